The smallest absolute Gasteiger partial charge is 0.101 e. The number of aliphatic imine (C=N–C) groups is 1. The molecule has 0 radical (unpaired) electrons. The summed E-state index contributed by atoms with van der Waals surface area (Å²) in [6, 6.07) is 0. The lowest BCUT2D eigenvalue weighted by Crippen LogP contribution is -2.30. The highest BCUT2D eigenvalue weighted by Gasteiger charge is 2.07. The fraction of sp³-hybridized carbons (Fsp3) is 0.727. The van der Waals surface area contributed by atoms with Gasteiger partial charge in [0.2, 0.25) is 0 Å². The molecule has 2 unspecified atom stereocenters. The van der Waals surface area contributed by atoms with Gasteiger partial charge >= 0.3 is 0 Å². The van der Waals surface area contributed by atoms with E-state index in [-0.39, 0.29) is 0 Å². The first-order valence-electron chi connectivity index (χ1n) is 5.21. The van der Waals surface area contributed by atoms with Crippen LogP contribution in [0.4, 0.5) is 0 Å². The summed E-state index contributed by atoms with van der Waals surface area (Å²) >= 11 is 0. The number of nitrogens with zero attached hydrogens (tertiary/aromatic N) is 2. The van der Waals surface area contributed by atoms with Crippen molar-refractivity contribution in [1.82, 2.24) is 4.90 Å². The number of terminal acetylenes is 1. The molecule has 0 aliphatic heterocycles. The van der Waals surface area contributed by atoms with Crippen molar-refractivity contribution in [2.45, 2.75) is 38.9 Å². The number of hydrogen-bond donors (Lipinski definition) is 0. The van der Waals surface area contributed by atoms with Crippen LogP contribution in [0.15, 0.2) is 4.99 Å². The molecule has 0 aromatic carbocycles. The van der Waals surface area contributed by atoms with E-state index in [1.807, 2.05) is 6.34 Å². The third-order valence-electron chi connectivity index (χ3n) is 1.90. The van der Waals surface area contributed by atoms with Crippen molar-refractivity contribution in [1.29, 1.82) is 0 Å². The largest absolute Gasteiger partial charge is 0.357 e. The van der Waals surface area contributed by atoms with Crippen LogP contribution >= 0.6 is 9.24 Å². The van der Waals surface area contributed by atoms with Crippen LogP contribution in [0.1, 0.15) is 33.1 Å². The van der Waals surface area contributed by atoms with E-state index in [2.05, 4.69) is 38.9 Å². The van der Waals surface area contributed by atoms with Gasteiger partial charge < -0.3 is 4.90 Å². The van der Waals surface area contributed by atoms with Crippen molar-refractivity contribution < 1.29 is 0 Å². The fourth-order valence-corrected chi connectivity index (χ4v) is 1.79. The molecule has 2 nitrogen and oxygen atoms in total. The molecule has 0 spiro atoms. The van der Waals surface area contributed by atoms with Crippen LogP contribution in [0.2, 0.25) is 0 Å². The molecule has 0 aromatic rings. The molecule has 0 bridgehead atoms. The highest BCUT2D eigenvalue weighted by molar-refractivity contribution is 7.17. The molecule has 2 atom stereocenters. The maximum absolute atomic E-state index is 5.14. The molecule has 80 valence electrons. The summed E-state index contributed by atoms with van der Waals surface area (Å²) in [5, 5.41) is 0. The lowest BCUT2D eigenvalue weighted by molar-refractivity contribution is 0.386. The third kappa shape index (κ3) is 6.00. The van der Waals surface area contributed by atoms with Gasteiger partial charge in [-0.1, -0.05) is 26.2 Å². The zero-order chi connectivity index (χ0) is 10.8. The number of rotatable bonds is 7. The molecule has 0 amide bonds. The lowest BCUT2D eigenvalue weighted by atomic mass is 10.3. The van der Waals surface area contributed by atoms with Crippen molar-refractivity contribution >= 4 is 15.6 Å². The lowest BCUT2D eigenvalue weighted by Gasteiger charge is -2.26. The van der Waals surface area contributed by atoms with Gasteiger partial charge in [-0.25, -0.2) is 0 Å². The van der Waals surface area contributed by atoms with Gasteiger partial charge in [-0.2, -0.15) is 0 Å². The highest BCUT2D eigenvalue weighted by Crippen LogP contribution is 2.12. The van der Waals surface area contributed by atoms with E-state index in [0.717, 1.165) is 13.0 Å². The maximum atomic E-state index is 5.14. The highest BCUT2D eigenvalue weighted by atomic mass is 31.0. The Labute approximate surface area is 90.4 Å². The first-order chi connectivity index (χ1) is 6.76. The molecular weight excluding hydrogens is 191 g/mol. The van der Waals surface area contributed by atoms with Crippen molar-refractivity contribution in [2.24, 2.45) is 4.99 Å². The molecule has 0 fully saturated rings. The van der Waals surface area contributed by atoms with Gasteiger partial charge in [-0.3, -0.25) is 4.99 Å². The van der Waals surface area contributed by atoms with Gasteiger partial charge in [0.05, 0.1) is 6.34 Å². The monoisotopic (exact) mass is 212 g/mol. The van der Waals surface area contributed by atoms with E-state index in [0.29, 0.717) is 12.3 Å². The van der Waals surface area contributed by atoms with Gasteiger partial charge in [-0.05, 0) is 12.8 Å². The van der Waals surface area contributed by atoms with E-state index in [1.165, 1.54) is 12.8 Å². The van der Waals surface area contributed by atoms with Gasteiger partial charge in [-0.15, -0.1) is 15.7 Å². The zero-order valence-corrected chi connectivity index (χ0v) is 10.4. The summed E-state index contributed by atoms with van der Waals surface area (Å²) in [5.41, 5.74) is 0. The number of hydrogen-bond acceptors (Lipinski definition) is 1. The maximum Gasteiger partial charge on any atom is 0.101 e. The average molecular weight is 212 g/mol. The van der Waals surface area contributed by atoms with E-state index in [9.17, 15) is 0 Å². The Hall–Kier alpha value is -0.540. The van der Waals surface area contributed by atoms with E-state index < -0.39 is 0 Å². The Balaban J connectivity index is 4.06. The van der Waals surface area contributed by atoms with Crippen LogP contribution in [-0.2, 0) is 0 Å². The van der Waals surface area contributed by atoms with Gasteiger partial charge in [0.15, 0.2) is 0 Å². The normalized spacial score (nSPS) is 12.7. The Bertz CT molecular complexity index is 196. The second-order valence-electron chi connectivity index (χ2n) is 3.25. The Morgan fingerprint density at radius 2 is 2.21 bits per heavy atom. The molecule has 0 saturated carbocycles. The van der Waals surface area contributed by atoms with Crippen molar-refractivity contribution in [3.63, 3.8) is 0 Å². The summed E-state index contributed by atoms with van der Waals surface area (Å²) in [6.07, 6.45) is 10.5. The second-order valence-corrected chi connectivity index (χ2v) is 4.02. The summed E-state index contributed by atoms with van der Waals surface area (Å²) in [6.45, 7) is 5.89. The van der Waals surface area contributed by atoms with E-state index in [4.69, 9.17) is 6.42 Å². The van der Waals surface area contributed by atoms with Crippen LogP contribution in [0, 0.1) is 12.3 Å². The summed E-state index contributed by atoms with van der Waals surface area (Å²) < 4.78 is 0. The third-order valence-corrected chi connectivity index (χ3v) is 2.62. The van der Waals surface area contributed by atoms with Crippen molar-refractivity contribution in [3.8, 4) is 12.3 Å². The van der Waals surface area contributed by atoms with Gasteiger partial charge in [0.25, 0.3) is 0 Å². The second kappa shape index (κ2) is 9.03. The van der Waals surface area contributed by atoms with Gasteiger partial charge in [0.1, 0.15) is 6.54 Å². The van der Waals surface area contributed by atoms with E-state index in [1.54, 1.807) is 0 Å². The van der Waals surface area contributed by atoms with Crippen LogP contribution in [0.3, 0.4) is 0 Å². The Morgan fingerprint density at radius 1 is 1.50 bits per heavy atom. The molecule has 0 N–H and O–H groups in total. The molecule has 14 heavy (non-hydrogen) atoms. The Kier molecular flexibility index (Phi) is 8.68. The first-order valence-corrected chi connectivity index (χ1v) is 5.87. The summed E-state index contributed by atoms with van der Waals surface area (Å²) in [7, 11) is 2.86. The zero-order valence-electron chi connectivity index (χ0n) is 9.24. The first kappa shape index (κ1) is 13.5. The molecule has 0 saturated heterocycles. The van der Waals surface area contributed by atoms with Crippen molar-refractivity contribution in [2.75, 3.05) is 13.1 Å². The minimum atomic E-state index is 0.476. The van der Waals surface area contributed by atoms with Crippen LogP contribution in [0.25, 0.3) is 0 Å². The SMILES string of the molecule is C#CCN=CN(CCC)C(P)CCC. The van der Waals surface area contributed by atoms with Crippen LogP contribution in [0.5, 0.6) is 0 Å². The molecule has 0 rings (SSSR count). The summed E-state index contributed by atoms with van der Waals surface area (Å²) in [5.74, 6) is 2.99. The molecule has 0 heterocycles. The average Bonchev–Trinajstić information content (AvgIpc) is 2.17. The molecule has 0 aliphatic rings. The molecule has 0 aromatic heterocycles. The molecule has 3 heteroatoms. The predicted octanol–water partition coefficient (Wildman–Crippen LogP) is 2.36. The van der Waals surface area contributed by atoms with Gasteiger partial charge in [0, 0.05) is 12.3 Å². The van der Waals surface area contributed by atoms with Crippen LogP contribution < -0.4 is 0 Å². The molecular formula is C11H21N2P. The van der Waals surface area contributed by atoms with Crippen LogP contribution in [-0.4, -0.2) is 30.1 Å². The topological polar surface area (TPSA) is 15.6 Å². The fourth-order valence-electron chi connectivity index (χ4n) is 1.23. The predicted molar refractivity (Wildman–Crippen MR) is 67.6 cm³/mol. The standard InChI is InChI=1S/C11H21N2P/c1-4-7-11(14)13(9-6-3)10-12-8-5-2/h2,10-11H,4,6-9,14H2,1,3H3. The minimum absolute atomic E-state index is 0.476. The minimum Gasteiger partial charge on any atom is -0.357 e. The van der Waals surface area contributed by atoms with E-state index >= 15 is 0 Å². The molecule has 0 aliphatic carbocycles. The quantitative estimate of drug-likeness (QED) is 0.274. The Morgan fingerprint density at radius 3 is 2.71 bits per heavy atom. The van der Waals surface area contributed by atoms with Crippen molar-refractivity contribution in [3.05, 3.63) is 0 Å². The summed E-state index contributed by atoms with van der Waals surface area (Å²) in [4.78, 5) is 6.41.